The molecule has 5 nitrogen and oxygen atoms in total. The van der Waals surface area contributed by atoms with E-state index in [0.29, 0.717) is 17.5 Å². The van der Waals surface area contributed by atoms with Crippen molar-refractivity contribution in [3.05, 3.63) is 43.2 Å². The van der Waals surface area contributed by atoms with Crippen molar-refractivity contribution in [2.24, 2.45) is 0 Å². The van der Waals surface area contributed by atoms with Crippen molar-refractivity contribution < 1.29 is 14.6 Å². The molecule has 0 saturated heterocycles. The number of methoxy groups -OCH3 is 1. The summed E-state index contributed by atoms with van der Waals surface area (Å²) in [7, 11) is 1.63. The molecule has 6 heteroatoms. The van der Waals surface area contributed by atoms with Crippen LogP contribution in [0.4, 0.5) is 0 Å². The van der Waals surface area contributed by atoms with Crippen LogP contribution in [-0.2, 0) is 11.2 Å². The molecule has 19 heavy (non-hydrogen) atoms. The fraction of sp³-hybridized carbons (Fsp3) is 0.231. The van der Waals surface area contributed by atoms with Crippen molar-refractivity contribution >= 4 is 39.5 Å². The Morgan fingerprint density at radius 1 is 1.47 bits per heavy atom. The van der Waals surface area contributed by atoms with Gasteiger partial charge in [-0.15, -0.1) is 0 Å². The van der Waals surface area contributed by atoms with Gasteiger partial charge >= 0.3 is 5.97 Å². The number of rotatable bonds is 4. The average molecular weight is 373 g/mol. The number of aromatic amines is 1. The number of aromatic nitrogens is 1. The van der Waals surface area contributed by atoms with Crippen LogP contribution >= 0.6 is 22.6 Å². The number of fused-ring (bicyclic) bond motifs is 1. The fourth-order valence-corrected chi connectivity index (χ4v) is 2.59. The third-order valence-corrected chi connectivity index (χ3v) is 3.86. The molecule has 0 aliphatic carbocycles. The molecule has 2 N–H and O–H groups in total. The lowest BCUT2D eigenvalue weighted by atomic mass is 10.1. The molecule has 2 rings (SSSR count). The predicted octanol–water partition coefficient (Wildman–Crippen LogP) is 2.02. The SMILES string of the molecule is COCCc1cc2[nH]cc(C(=O)O)c(=O)c2cc1I. The van der Waals surface area contributed by atoms with Crippen LogP contribution < -0.4 is 5.43 Å². The lowest BCUT2D eigenvalue weighted by Gasteiger charge is -2.07. The molecular weight excluding hydrogens is 361 g/mol. The summed E-state index contributed by atoms with van der Waals surface area (Å²) in [6.45, 7) is 0.596. The van der Waals surface area contributed by atoms with Gasteiger partial charge in [0.25, 0.3) is 0 Å². The van der Waals surface area contributed by atoms with Gasteiger partial charge in [0.05, 0.1) is 6.61 Å². The predicted molar refractivity (Wildman–Crippen MR) is 79.8 cm³/mol. The summed E-state index contributed by atoms with van der Waals surface area (Å²) < 4.78 is 5.96. The first-order valence-electron chi connectivity index (χ1n) is 5.60. The molecule has 0 unspecified atom stereocenters. The van der Waals surface area contributed by atoms with Gasteiger partial charge in [0.1, 0.15) is 5.56 Å². The summed E-state index contributed by atoms with van der Waals surface area (Å²) in [5.41, 5.74) is 1.00. The van der Waals surface area contributed by atoms with E-state index in [9.17, 15) is 9.59 Å². The van der Waals surface area contributed by atoms with Crippen LogP contribution in [0.15, 0.2) is 23.1 Å². The van der Waals surface area contributed by atoms with E-state index in [0.717, 1.165) is 15.6 Å². The second-order valence-electron chi connectivity index (χ2n) is 4.07. The van der Waals surface area contributed by atoms with Crippen molar-refractivity contribution in [2.45, 2.75) is 6.42 Å². The first-order valence-corrected chi connectivity index (χ1v) is 6.68. The monoisotopic (exact) mass is 373 g/mol. The highest BCUT2D eigenvalue weighted by Crippen LogP contribution is 2.19. The fourth-order valence-electron chi connectivity index (χ4n) is 1.85. The van der Waals surface area contributed by atoms with Gasteiger partial charge in [0.15, 0.2) is 0 Å². The van der Waals surface area contributed by atoms with Gasteiger partial charge in [0.2, 0.25) is 5.43 Å². The number of carbonyl (C=O) groups is 1. The number of carboxylic acid groups (broad SMARTS) is 1. The standard InChI is InChI=1S/C13H12INO4/c1-19-3-2-7-4-11-8(5-10(7)14)12(16)9(6-15-11)13(17)18/h4-6H,2-3H2,1H3,(H,15,16)(H,17,18). The lowest BCUT2D eigenvalue weighted by Crippen LogP contribution is -2.15. The van der Waals surface area contributed by atoms with Crippen molar-refractivity contribution in [1.82, 2.24) is 4.98 Å². The number of ether oxygens (including phenoxy) is 1. The molecule has 2 aromatic rings. The van der Waals surface area contributed by atoms with Crippen molar-refractivity contribution in [1.29, 1.82) is 0 Å². The Kier molecular flexibility index (Phi) is 4.20. The van der Waals surface area contributed by atoms with E-state index in [4.69, 9.17) is 9.84 Å². The summed E-state index contributed by atoms with van der Waals surface area (Å²) in [4.78, 5) is 25.8. The number of benzene rings is 1. The zero-order chi connectivity index (χ0) is 14.0. The molecule has 0 aliphatic rings. The van der Waals surface area contributed by atoms with E-state index in [1.54, 1.807) is 13.2 Å². The highest BCUT2D eigenvalue weighted by atomic mass is 127. The number of pyridine rings is 1. The van der Waals surface area contributed by atoms with Gasteiger partial charge in [0, 0.05) is 27.8 Å². The average Bonchev–Trinajstić information content (AvgIpc) is 2.37. The highest BCUT2D eigenvalue weighted by molar-refractivity contribution is 14.1. The minimum Gasteiger partial charge on any atom is -0.477 e. The van der Waals surface area contributed by atoms with Gasteiger partial charge in [-0.1, -0.05) is 0 Å². The Morgan fingerprint density at radius 3 is 2.84 bits per heavy atom. The van der Waals surface area contributed by atoms with Gasteiger partial charge in [-0.2, -0.15) is 0 Å². The molecule has 0 amide bonds. The first-order chi connectivity index (χ1) is 9.04. The number of nitrogens with one attached hydrogen (secondary N) is 1. The van der Waals surface area contributed by atoms with Gasteiger partial charge in [-0.05, 0) is 46.7 Å². The van der Waals surface area contributed by atoms with Crippen LogP contribution in [0, 0.1) is 3.57 Å². The van der Waals surface area contributed by atoms with E-state index < -0.39 is 11.4 Å². The summed E-state index contributed by atoms with van der Waals surface area (Å²) in [6.07, 6.45) is 1.98. The second kappa shape index (κ2) is 5.70. The third kappa shape index (κ3) is 2.79. The Bertz CT molecular complexity index is 693. The van der Waals surface area contributed by atoms with E-state index >= 15 is 0 Å². The number of carboxylic acids is 1. The summed E-state index contributed by atoms with van der Waals surface area (Å²) in [5.74, 6) is -1.22. The maximum Gasteiger partial charge on any atom is 0.341 e. The Balaban J connectivity index is 2.61. The number of hydrogen-bond donors (Lipinski definition) is 2. The van der Waals surface area contributed by atoms with Crippen LogP contribution in [0.1, 0.15) is 15.9 Å². The molecule has 0 spiro atoms. The van der Waals surface area contributed by atoms with Gasteiger partial charge in [-0.3, -0.25) is 4.79 Å². The smallest absolute Gasteiger partial charge is 0.341 e. The first kappa shape index (κ1) is 14.0. The summed E-state index contributed by atoms with van der Waals surface area (Å²) >= 11 is 2.14. The zero-order valence-electron chi connectivity index (χ0n) is 10.2. The molecule has 0 fully saturated rings. The minimum absolute atomic E-state index is 0.243. The van der Waals surface area contributed by atoms with E-state index in [1.807, 2.05) is 6.07 Å². The molecule has 0 aliphatic heterocycles. The van der Waals surface area contributed by atoms with Crippen LogP contribution in [0.5, 0.6) is 0 Å². The topological polar surface area (TPSA) is 79.4 Å². The van der Waals surface area contributed by atoms with E-state index in [-0.39, 0.29) is 5.56 Å². The minimum atomic E-state index is -1.22. The summed E-state index contributed by atoms with van der Waals surface area (Å²) in [6, 6.07) is 3.58. The van der Waals surface area contributed by atoms with Crippen LogP contribution in [0.2, 0.25) is 0 Å². The summed E-state index contributed by atoms with van der Waals surface area (Å²) in [5, 5.41) is 9.32. The lowest BCUT2D eigenvalue weighted by molar-refractivity contribution is 0.0695. The molecule has 0 atom stereocenters. The second-order valence-corrected chi connectivity index (χ2v) is 5.23. The van der Waals surface area contributed by atoms with Crippen LogP contribution in [0.3, 0.4) is 0 Å². The maximum atomic E-state index is 12.0. The quantitative estimate of drug-likeness (QED) is 0.804. The largest absolute Gasteiger partial charge is 0.477 e. The number of halogens is 1. The Morgan fingerprint density at radius 2 is 2.21 bits per heavy atom. The number of H-pyrrole nitrogens is 1. The van der Waals surface area contributed by atoms with E-state index in [2.05, 4.69) is 27.6 Å². The zero-order valence-corrected chi connectivity index (χ0v) is 12.4. The van der Waals surface area contributed by atoms with Crippen molar-refractivity contribution in [2.75, 3.05) is 13.7 Å². The number of hydrogen-bond acceptors (Lipinski definition) is 3. The van der Waals surface area contributed by atoms with Gasteiger partial charge in [-0.25, -0.2) is 4.79 Å². The van der Waals surface area contributed by atoms with Crippen LogP contribution in [0.25, 0.3) is 10.9 Å². The molecule has 1 aromatic carbocycles. The molecule has 100 valence electrons. The van der Waals surface area contributed by atoms with Crippen molar-refractivity contribution in [3.63, 3.8) is 0 Å². The molecule has 0 bridgehead atoms. The Hall–Kier alpha value is -1.41. The number of aromatic carboxylic acids is 1. The highest BCUT2D eigenvalue weighted by Gasteiger charge is 2.13. The van der Waals surface area contributed by atoms with Crippen molar-refractivity contribution in [3.8, 4) is 0 Å². The normalized spacial score (nSPS) is 10.8. The van der Waals surface area contributed by atoms with Crippen LogP contribution in [-0.4, -0.2) is 29.8 Å². The molecule has 0 saturated carbocycles. The molecule has 1 heterocycles. The van der Waals surface area contributed by atoms with Gasteiger partial charge < -0.3 is 14.8 Å². The molecule has 0 radical (unpaired) electrons. The van der Waals surface area contributed by atoms with E-state index in [1.165, 1.54) is 6.20 Å². The molecule has 1 aromatic heterocycles. The molecular formula is C13H12INO4. The third-order valence-electron chi connectivity index (χ3n) is 2.85. The Labute approximate surface area is 122 Å². The maximum absolute atomic E-state index is 12.0.